The molecule has 0 radical (unpaired) electrons. The average molecular weight is 424 g/mol. The van der Waals surface area contributed by atoms with E-state index in [0.29, 0.717) is 18.4 Å². The van der Waals surface area contributed by atoms with Crippen molar-refractivity contribution in [3.63, 3.8) is 0 Å². The predicted molar refractivity (Wildman–Crippen MR) is 126 cm³/mol. The number of ether oxygens (including phenoxy) is 1. The Morgan fingerprint density at radius 1 is 0.969 bits per heavy atom. The van der Waals surface area contributed by atoms with Gasteiger partial charge in [0.15, 0.2) is 0 Å². The molecule has 4 aromatic rings. The molecule has 0 saturated carbocycles. The third kappa shape index (κ3) is 3.14. The van der Waals surface area contributed by atoms with Crippen molar-refractivity contribution in [3.8, 4) is 16.9 Å². The highest BCUT2D eigenvalue weighted by Crippen LogP contribution is 2.42. The third-order valence-corrected chi connectivity index (χ3v) is 6.90. The van der Waals surface area contributed by atoms with Gasteiger partial charge in [-0.15, -0.1) is 0 Å². The number of rotatable bonds is 2. The quantitative estimate of drug-likeness (QED) is 0.371. The first-order valence-corrected chi connectivity index (χ1v) is 11.3. The molecule has 0 amide bonds. The topological polar surface area (TPSA) is 42.7 Å². The fourth-order valence-corrected chi connectivity index (χ4v) is 5.40. The molecule has 1 unspecified atom stereocenters. The molecule has 4 heteroatoms. The molecule has 0 bridgehead atoms. The summed E-state index contributed by atoms with van der Waals surface area (Å²) in [6, 6.07) is 23.0. The molecule has 2 aliphatic rings. The molecular formula is C28H25NO3. The van der Waals surface area contributed by atoms with Crippen LogP contribution in [-0.4, -0.2) is 11.6 Å². The Bertz CT molecular complexity index is 1370. The minimum Gasteiger partial charge on any atom is -0.477 e. The van der Waals surface area contributed by atoms with Gasteiger partial charge in [0.1, 0.15) is 18.1 Å². The molecule has 2 heterocycles. The third-order valence-electron chi connectivity index (χ3n) is 6.90. The summed E-state index contributed by atoms with van der Waals surface area (Å²) in [5, 5.41) is 0.960. The fourth-order valence-electron chi connectivity index (χ4n) is 5.40. The number of nitrogens with zero attached hydrogens (tertiary/aromatic N) is 1. The van der Waals surface area contributed by atoms with Crippen LogP contribution in [0.25, 0.3) is 22.1 Å². The number of hydrogen-bond acceptors (Lipinski definition) is 4. The Morgan fingerprint density at radius 3 is 2.66 bits per heavy atom. The van der Waals surface area contributed by atoms with Crippen LogP contribution in [-0.2, 0) is 13.0 Å². The van der Waals surface area contributed by atoms with E-state index in [1.54, 1.807) is 6.07 Å². The largest absolute Gasteiger partial charge is 0.477 e. The SMILES string of the molecule is Cc1c2c(cc3c(-c4ccccc4)cc(=O)oc13)CN(C1CCCc3ccccc31)CO2. The van der Waals surface area contributed by atoms with E-state index in [9.17, 15) is 4.79 Å². The van der Waals surface area contributed by atoms with Crippen LogP contribution < -0.4 is 10.4 Å². The van der Waals surface area contributed by atoms with Crippen molar-refractivity contribution in [2.75, 3.05) is 6.73 Å². The molecule has 0 fully saturated rings. The molecule has 3 aromatic carbocycles. The van der Waals surface area contributed by atoms with E-state index in [2.05, 4.69) is 35.2 Å². The Morgan fingerprint density at radius 2 is 1.78 bits per heavy atom. The van der Waals surface area contributed by atoms with Gasteiger partial charge in [-0.2, -0.15) is 0 Å². The minimum absolute atomic E-state index is 0.337. The highest BCUT2D eigenvalue weighted by molar-refractivity contribution is 5.96. The normalized spacial score (nSPS) is 18.1. The van der Waals surface area contributed by atoms with Crippen LogP contribution in [0.4, 0.5) is 0 Å². The lowest BCUT2D eigenvalue weighted by molar-refractivity contribution is 0.0475. The molecule has 0 N–H and O–H groups in total. The zero-order chi connectivity index (χ0) is 21.7. The van der Waals surface area contributed by atoms with Crippen LogP contribution in [0, 0.1) is 6.92 Å². The van der Waals surface area contributed by atoms with Crippen molar-refractivity contribution in [2.24, 2.45) is 0 Å². The lowest BCUT2D eigenvalue weighted by atomic mass is 9.86. The lowest BCUT2D eigenvalue weighted by Gasteiger charge is -2.39. The number of hydrogen-bond donors (Lipinski definition) is 0. The second-order valence-electron chi connectivity index (χ2n) is 8.84. The molecule has 1 aliphatic carbocycles. The molecule has 1 aromatic heterocycles. The van der Waals surface area contributed by atoms with Gasteiger partial charge < -0.3 is 9.15 Å². The van der Waals surface area contributed by atoms with Gasteiger partial charge in [0.05, 0.1) is 0 Å². The molecular weight excluding hydrogens is 398 g/mol. The fraction of sp³-hybridized carbons (Fsp3) is 0.250. The first kappa shape index (κ1) is 19.3. The van der Waals surface area contributed by atoms with Crippen molar-refractivity contribution in [2.45, 2.75) is 38.8 Å². The second kappa shape index (κ2) is 7.64. The van der Waals surface area contributed by atoms with Crippen LogP contribution in [0.2, 0.25) is 0 Å². The Hall–Kier alpha value is -3.37. The Balaban J connectivity index is 1.46. The average Bonchev–Trinajstić information content (AvgIpc) is 2.84. The lowest BCUT2D eigenvalue weighted by Crippen LogP contribution is -2.37. The summed E-state index contributed by atoms with van der Waals surface area (Å²) >= 11 is 0. The van der Waals surface area contributed by atoms with Crippen molar-refractivity contribution in [1.82, 2.24) is 4.90 Å². The van der Waals surface area contributed by atoms with Gasteiger partial charge in [-0.1, -0.05) is 54.6 Å². The van der Waals surface area contributed by atoms with E-state index in [-0.39, 0.29) is 5.63 Å². The summed E-state index contributed by atoms with van der Waals surface area (Å²) in [5.74, 6) is 0.853. The first-order valence-electron chi connectivity index (χ1n) is 11.3. The van der Waals surface area contributed by atoms with Gasteiger partial charge >= 0.3 is 5.63 Å². The van der Waals surface area contributed by atoms with Crippen LogP contribution in [0.3, 0.4) is 0 Å². The van der Waals surface area contributed by atoms with E-state index in [1.165, 1.54) is 17.5 Å². The zero-order valence-corrected chi connectivity index (χ0v) is 18.1. The highest BCUT2D eigenvalue weighted by atomic mass is 16.5. The van der Waals surface area contributed by atoms with Gasteiger partial charge in [-0.3, -0.25) is 4.90 Å². The Labute approximate surface area is 187 Å². The maximum Gasteiger partial charge on any atom is 0.336 e. The number of benzene rings is 3. The monoisotopic (exact) mass is 423 g/mol. The molecule has 0 spiro atoms. The van der Waals surface area contributed by atoms with Crippen molar-refractivity contribution in [1.29, 1.82) is 0 Å². The van der Waals surface area contributed by atoms with Gasteiger partial charge in [0.25, 0.3) is 0 Å². The van der Waals surface area contributed by atoms with E-state index in [1.807, 2.05) is 37.3 Å². The first-order chi connectivity index (χ1) is 15.7. The summed E-state index contributed by atoms with van der Waals surface area (Å²) in [6.07, 6.45) is 3.50. The zero-order valence-electron chi connectivity index (χ0n) is 18.1. The molecule has 6 rings (SSSR count). The van der Waals surface area contributed by atoms with Crippen LogP contribution in [0.15, 0.2) is 75.9 Å². The summed E-state index contributed by atoms with van der Waals surface area (Å²) in [4.78, 5) is 14.8. The molecule has 32 heavy (non-hydrogen) atoms. The van der Waals surface area contributed by atoms with E-state index in [4.69, 9.17) is 9.15 Å². The van der Waals surface area contributed by atoms with Crippen LogP contribution in [0.5, 0.6) is 5.75 Å². The van der Waals surface area contributed by atoms with Crippen LogP contribution in [0.1, 0.15) is 41.1 Å². The highest BCUT2D eigenvalue weighted by Gasteiger charge is 2.31. The summed E-state index contributed by atoms with van der Waals surface area (Å²) in [6.45, 7) is 3.35. The predicted octanol–water partition coefficient (Wildman–Crippen LogP) is 6.00. The van der Waals surface area contributed by atoms with Gasteiger partial charge in [-0.25, -0.2) is 4.79 Å². The van der Waals surface area contributed by atoms with Crippen molar-refractivity contribution in [3.05, 3.63) is 99.4 Å². The number of aryl methyl sites for hydroxylation is 2. The summed E-state index contributed by atoms with van der Waals surface area (Å²) in [5.41, 5.74) is 7.13. The molecule has 0 saturated heterocycles. The smallest absolute Gasteiger partial charge is 0.336 e. The van der Waals surface area contributed by atoms with Gasteiger partial charge in [0.2, 0.25) is 0 Å². The number of fused-ring (bicyclic) bond motifs is 3. The standard InChI is InChI=1S/C28H25NO3/c1-18-27-21(14-24-23(15-26(30)32-28(18)24)20-8-3-2-4-9-20)16-29(17-31-27)25-13-7-11-19-10-5-6-12-22(19)25/h2-6,8-10,12,14-15,25H,7,11,13,16-17H2,1H3. The van der Waals surface area contributed by atoms with Gasteiger partial charge in [0, 0.05) is 35.2 Å². The van der Waals surface area contributed by atoms with E-state index < -0.39 is 0 Å². The van der Waals surface area contributed by atoms with E-state index in [0.717, 1.165) is 52.8 Å². The van der Waals surface area contributed by atoms with Crippen molar-refractivity contribution >= 4 is 11.0 Å². The maximum atomic E-state index is 12.4. The summed E-state index contributed by atoms with van der Waals surface area (Å²) in [7, 11) is 0. The molecule has 4 nitrogen and oxygen atoms in total. The Kier molecular flexibility index (Phi) is 4.62. The maximum absolute atomic E-state index is 12.4. The van der Waals surface area contributed by atoms with E-state index >= 15 is 0 Å². The van der Waals surface area contributed by atoms with Crippen molar-refractivity contribution < 1.29 is 9.15 Å². The minimum atomic E-state index is -0.337. The van der Waals surface area contributed by atoms with Crippen LogP contribution >= 0.6 is 0 Å². The second-order valence-corrected chi connectivity index (χ2v) is 8.84. The summed E-state index contributed by atoms with van der Waals surface area (Å²) < 4.78 is 12.0. The molecule has 1 atom stereocenters. The van der Waals surface area contributed by atoms with Gasteiger partial charge in [-0.05, 0) is 54.5 Å². The molecule has 160 valence electrons. The molecule has 1 aliphatic heterocycles.